The first kappa shape index (κ1) is 100.0. The van der Waals surface area contributed by atoms with Gasteiger partial charge in [0.1, 0.15) is 54.5 Å². The fourth-order valence-corrected chi connectivity index (χ4v) is 15.4. The van der Waals surface area contributed by atoms with E-state index in [9.17, 15) is 86.6 Å². The summed E-state index contributed by atoms with van der Waals surface area (Å²) >= 11 is 0. The second-order valence-corrected chi connectivity index (χ2v) is 33.7. The number of hydrogen-bond donors (Lipinski definition) is 11. The number of rotatable bonds is 42. The molecule has 0 radical (unpaired) electrons. The van der Waals surface area contributed by atoms with Crippen LogP contribution >= 0.6 is 0 Å². The molecular formula is C91H124N12O22. The maximum atomic E-state index is 14.6. The predicted molar refractivity (Wildman–Crippen MR) is 458 cm³/mol. The Morgan fingerprint density at radius 3 is 1.14 bits per heavy atom. The van der Waals surface area contributed by atoms with Crippen LogP contribution in [0.25, 0.3) is 0 Å². The Labute approximate surface area is 729 Å². The van der Waals surface area contributed by atoms with Gasteiger partial charge in [-0.3, -0.25) is 67.1 Å². The van der Waals surface area contributed by atoms with Crippen molar-refractivity contribution in [3.8, 4) is 0 Å². The number of ketones is 2. The maximum Gasteiger partial charge on any atom is 0.410 e. The third-order valence-electron chi connectivity index (χ3n) is 22.5. The van der Waals surface area contributed by atoms with Crippen molar-refractivity contribution in [3.63, 3.8) is 0 Å². The number of likely N-dealkylation sites (tertiary alicyclic amines) is 2. The summed E-state index contributed by atoms with van der Waals surface area (Å²) < 4.78 is 11.9. The van der Waals surface area contributed by atoms with Crippen molar-refractivity contribution in [2.45, 2.75) is 271 Å². The summed E-state index contributed by atoms with van der Waals surface area (Å²) in [6, 6.07) is 21.5. The first-order valence-corrected chi connectivity index (χ1v) is 43.3. The summed E-state index contributed by atoms with van der Waals surface area (Å²) in [4.78, 5) is 231. The smallest absolute Gasteiger partial charge is 0.410 e. The zero-order chi connectivity index (χ0) is 91.9. The summed E-state index contributed by atoms with van der Waals surface area (Å²) in [6.07, 6.45) is -0.423. The van der Waals surface area contributed by atoms with Crippen LogP contribution in [0.15, 0.2) is 109 Å². The summed E-state index contributed by atoms with van der Waals surface area (Å²) in [5.41, 5.74) is 5.59. The molecule has 0 bridgehead atoms. The maximum absolute atomic E-state index is 14.6. The van der Waals surface area contributed by atoms with E-state index < -0.39 is 191 Å². The number of unbranched alkanes of at least 4 members (excludes halogenated alkanes) is 2. The lowest BCUT2D eigenvalue weighted by Gasteiger charge is -2.32. The van der Waals surface area contributed by atoms with Gasteiger partial charge in [0.2, 0.25) is 58.8 Å². The molecule has 8 rings (SSSR count). The highest BCUT2D eigenvalue weighted by molar-refractivity contribution is 6.39. The van der Waals surface area contributed by atoms with E-state index in [-0.39, 0.29) is 83.2 Å². The number of ether oxygens (including phenoxy) is 2. The fraction of sp³-hybridized carbons (Fsp3) is 0.549. The first-order valence-electron chi connectivity index (χ1n) is 43.3. The van der Waals surface area contributed by atoms with Gasteiger partial charge in [-0.05, 0) is 115 Å². The average Bonchev–Trinajstić information content (AvgIpc) is 1.66. The van der Waals surface area contributed by atoms with Crippen molar-refractivity contribution in [1.29, 1.82) is 0 Å². The molecule has 12 amide bonds. The topological polar surface area (TPSA) is 479 Å². The van der Waals surface area contributed by atoms with Crippen molar-refractivity contribution in [3.05, 3.63) is 143 Å². The molecule has 12 atom stereocenters. The van der Waals surface area contributed by atoms with E-state index in [1.165, 1.54) is 14.7 Å². The molecule has 34 nitrogen and oxygen atoms in total. The minimum Gasteiger partial charge on any atom is -0.481 e. The molecule has 0 saturated carbocycles. The lowest BCUT2D eigenvalue weighted by molar-refractivity contribution is -0.146. The number of hydrogen-bond acceptors (Lipinski definition) is 19. The second-order valence-electron chi connectivity index (χ2n) is 33.7. The molecule has 0 spiro atoms. The number of carbonyl (C=O) groups excluding carboxylic acids is 14. The van der Waals surface area contributed by atoms with Crippen LogP contribution in [-0.2, 0) is 114 Å². The molecule has 4 aromatic rings. The number of carboxylic acids is 3. The van der Waals surface area contributed by atoms with Gasteiger partial charge in [0.25, 0.3) is 11.8 Å². The van der Waals surface area contributed by atoms with Crippen LogP contribution in [0.2, 0.25) is 0 Å². The molecule has 2 fully saturated rings. The van der Waals surface area contributed by atoms with E-state index in [0.29, 0.717) is 76.7 Å². The van der Waals surface area contributed by atoms with Crippen LogP contribution in [0.4, 0.5) is 9.59 Å². The molecule has 4 aliphatic heterocycles. The normalized spacial score (nSPS) is 17.8. The Morgan fingerprint density at radius 2 is 0.768 bits per heavy atom. The largest absolute Gasteiger partial charge is 0.481 e. The van der Waals surface area contributed by atoms with Crippen LogP contribution < -0.4 is 42.5 Å². The molecule has 680 valence electrons. The van der Waals surface area contributed by atoms with Crippen molar-refractivity contribution in [1.82, 2.24) is 62.1 Å². The van der Waals surface area contributed by atoms with E-state index in [2.05, 4.69) is 42.5 Å². The highest BCUT2D eigenvalue weighted by atomic mass is 16.6. The van der Waals surface area contributed by atoms with Crippen LogP contribution in [0.5, 0.6) is 0 Å². The summed E-state index contributed by atoms with van der Waals surface area (Å²) in [5, 5.41) is 48.9. The van der Waals surface area contributed by atoms with Gasteiger partial charge < -0.3 is 86.9 Å². The molecule has 2 saturated heterocycles. The lowest BCUT2D eigenvalue weighted by atomic mass is 9.98. The summed E-state index contributed by atoms with van der Waals surface area (Å²) in [7, 11) is 0. The van der Waals surface area contributed by atoms with Crippen molar-refractivity contribution in [2.75, 3.05) is 26.2 Å². The van der Waals surface area contributed by atoms with Gasteiger partial charge in [0.15, 0.2) is 0 Å². The number of nitrogens with zero attached hydrogens (tertiary/aromatic N) is 4. The monoisotopic (exact) mass is 1740 g/mol. The van der Waals surface area contributed by atoms with Crippen LogP contribution in [0.3, 0.4) is 0 Å². The number of aliphatic carboxylic acids is 3. The second kappa shape index (κ2) is 48.8. The third-order valence-corrected chi connectivity index (χ3v) is 22.5. The number of Topliss-reactive ketones (excluding diaryl/α,β-unsaturated/α-hetero) is 2. The molecule has 11 N–H and O–H groups in total. The van der Waals surface area contributed by atoms with E-state index in [1.54, 1.807) is 111 Å². The van der Waals surface area contributed by atoms with Gasteiger partial charge in [0, 0.05) is 71.1 Å². The SMILES string of the molecule is CCCC(NC(=O)C1CC(OC(=O)N2CCc3ccccc3C2)CN1C(=O)[C@@H](NC(=O)[C@@H](NC(=O)CCCCC(=O)O)C(C)C)C(C)C)C(=O)C(=O)N[C@@H](C)c1ccccc1.CCCC(NC(=O)C1CC(OC(=O)N2CCc3ccccc3C2)CN1C(=O)[C@@H](NC(=O)[C@@H](NC(=O)CCCCC(=O)O)C(C)C)C(C)C)C(=O)C(=O)N[C@@H](Cc1ccccc1)C(=O)O. The molecular weight excluding hydrogens is 1610 g/mol. The number of fused-ring (bicyclic) bond motifs is 2. The minimum atomic E-state index is -1.45. The van der Waals surface area contributed by atoms with E-state index >= 15 is 0 Å². The number of carboxylic acid groups (broad SMARTS) is 3. The number of amides is 12. The molecule has 4 aromatic carbocycles. The molecule has 4 heterocycles. The highest BCUT2D eigenvalue weighted by Crippen LogP contribution is 2.30. The molecule has 6 unspecified atom stereocenters. The number of nitrogens with one attached hydrogen (secondary N) is 8. The van der Waals surface area contributed by atoms with Gasteiger partial charge in [-0.2, -0.15) is 0 Å². The van der Waals surface area contributed by atoms with Crippen molar-refractivity contribution < 1.29 is 106 Å². The van der Waals surface area contributed by atoms with E-state index in [0.717, 1.165) is 27.8 Å². The Morgan fingerprint density at radius 1 is 0.408 bits per heavy atom. The number of carbonyl (C=O) groups is 17. The molecule has 4 aliphatic rings. The van der Waals surface area contributed by atoms with Gasteiger partial charge >= 0.3 is 30.1 Å². The first-order chi connectivity index (χ1) is 59.4. The third kappa shape index (κ3) is 30.1. The van der Waals surface area contributed by atoms with Gasteiger partial charge in [-0.15, -0.1) is 0 Å². The Bertz CT molecular complexity index is 4450. The van der Waals surface area contributed by atoms with Crippen LogP contribution in [0.1, 0.15) is 205 Å². The predicted octanol–water partition coefficient (Wildman–Crippen LogP) is 6.55. The van der Waals surface area contributed by atoms with Gasteiger partial charge in [0.05, 0.1) is 31.2 Å². The van der Waals surface area contributed by atoms with E-state index in [1.807, 2.05) is 78.9 Å². The molecule has 0 aliphatic carbocycles. The molecule has 0 aromatic heterocycles. The Hall–Kier alpha value is -12.1. The fourth-order valence-electron chi connectivity index (χ4n) is 15.4. The molecule has 34 heteroatoms. The minimum absolute atomic E-state index is 0.00349. The summed E-state index contributed by atoms with van der Waals surface area (Å²) in [6.45, 7) is 19.9. The van der Waals surface area contributed by atoms with Gasteiger partial charge in [-0.25, -0.2) is 14.4 Å². The standard InChI is InChI=1S/C46H62N6O12.C45H62N6O10/c1-6-14-33(40(56)43(59)48-34(45(61)62)23-29-15-8-7-9-16-29)47-41(57)35-24-32(64-46(63)51-22-21-30-17-10-11-18-31(30)25-51)26-52(35)44(60)39(28(4)5)50-42(58)38(27(2)3)49-36(53)19-12-13-20-37(54)55;1-7-15-34(40(55)43(58)46-29(6)30-16-9-8-10-17-30)47-41(56)35-24-33(61-45(60)50-23-22-31-18-11-12-19-32(31)25-50)26-51(35)44(59)39(28(4)5)49-42(57)38(27(2)3)48-36(52)20-13-14-21-37(53)54/h7-11,15-18,27-28,32-35,38-39H,6,12-14,19-26H2,1-5H3,(H,47,57)(H,48,59)(H,49,53)(H,50,58)(H,54,55)(H,61,62);8-12,16-19,27-29,33-35,38-39H,7,13-15,20-26H2,1-6H3,(H,46,58)(H,47,56)(H,48,52)(H,49,57)(H,53,54)/t32?,33?,34-,35?,38-,39-;29-,33?,34?,35?,38-,39-/m00/s1. The van der Waals surface area contributed by atoms with Crippen molar-refractivity contribution >= 4 is 101 Å². The Kier molecular flexibility index (Phi) is 39.0. The van der Waals surface area contributed by atoms with Gasteiger partial charge in [-0.1, -0.05) is 191 Å². The quantitative estimate of drug-likeness (QED) is 0.0165. The zero-order valence-electron chi connectivity index (χ0n) is 73.3. The van der Waals surface area contributed by atoms with Crippen molar-refractivity contribution in [2.24, 2.45) is 23.7 Å². The van der Waals surface area contributed by atoms with Crippen LogP contribution in [-0.4, -0.2) is 228 Å². The summed E-state index contributed by atoms with van der Waals surface area (Å²) in [5.74, 6) is -14.3. The average molecular weight is 1740 g/mol. The number of benzene rings is 4. The van der Waals surface area contributed by atoms with E-state index in [4.69, 9.17) is 19.7 Å². The zero-order valence-corrected chi connectivity index (χ0v) is 73.3. The Balaban J connectivity index is 0.000000344. The lowest BCUT2D eigenvalue weighted by Crippen LogP contribution is -2.60. The highest BCUT2D eigenvalue weighted by Gasteiger charge is 2.49. The molecule has 125 heavy (non-hydrogen) atoms. The van der Waals surface area contributed by atoms with Crippen LogP contribution in [0, 0.1) is 23.7 Å².